The number of nitriles is 1. The second-order valence-electron chi connectivity index (χ2n) is 11.5. The topological polar surface area (TPSA) is 115 Å². The van der Waals surface area contributed by atoms with Crippen LogP contribution < -0.4 is 5.73 Å². The Bertz CT molecular complexity index is 1420. The zero-order valence-corrected chi connectivity index (χ0v) is 22.0. The molecule has 1 spiro atoms. The number of ether oxygens (including phenoxy) is 1. The Morgan fingerprint density at radius 2 is 1.92 bits per heavy atom. The molecule has 3 heterocycles. The first-order valence-corrected chi connectivity index (χ1v) is 12.7. The summed E-state index contributed by atoms with van der Waals surface area (Å²) in [5.74, 6) is 0.282. The normalized spacial score (nSPS) is 21.2. The quantitative estimate of drug-likeness (QED) is 0.484. The Hall–Kier alpha value is -4.01. The van der Waals surface area contributed by atoms with Crippen LogP contribution in [-0.2, 0) is 17.5 Å². The molecule has 3 aromatic rings. The predicted molar refractivity (Wildman–Crippen MR) is 136 cm³/mol. The van der Waals surface area contributed by atoms with E-state index in [2.05, 4.69) is 16.3 Å². The van der Waals surface area contributed by atoms with Gasteiger partial charge < -0.3 is 15.4 Å². The van der Waals surface area contributed by atoms with Gasteiger partial charge >= 0.3 is 12.3 Å². The molecule has 1 saturated heterocycles. The molecule has 1 amide bonds. The molecule has 0 unspecified atom stereocenters. The molecule has 9 nitrogen and oxygen atoms in total. The van der Waals surface area contributed by atoms with Crippen LogP contribution in [0.4, 0.5) is 23.8 Å². The van der Waals surface area contributed by atoms with Crippen molar-refractivity contribution in [3.05, 3.63) is 53.3 Å². The molecule has 39 heavy (non-hydrogen) atoms. The lowest BCUT2D eigenvalue weighted by Crippen LogP contribution is -2.43. The minimum absolute atomic E-state index is 0.00614. The lowest BCUT2D eigenvalue weighted by atomic mass is 9.65. The van der Waals surface area contributed by atoms with E-state index < -0.39 is 17.3 Å². The van der Waals surface area contributed by atoms with Crippen LogP contribution in [0.15, 0.2) is 36.7 Å². The van der Waals surface area contributed by atoms with Gasteiger partial charge in [0, 0.05) is 24.8 Å². The van der Waals surface area contributed by atoms with E-state index in [9.17, 15) is 23.2 Å². The van der Waals surface area contributed by atoms with Crippen LogP contribution in [0.1, 0.15) is 62.8 Å². The fourth-order valence-corrected chi connectivity index (χ4v) is 5.46. The maximum atomic E-state index is 12.8. The first kappa shape index (κ1) is 26.6. The molecule has 0 radical (unpaired) electrons. The Morgan fingerprint density at radius 3 is 2.54 bits per heavy atom. The van der Waals surface area contributed by atoms with Gasteiger partial charge in [0.05, 0.1) is 24.3 Å². The number of hydrogen-bond acceptors (Lipinski definition) is 6. The molecular weight excluding hydrogens is 511 g/mol. The Kier molecular flexibility index (Phi) is 6.36. The van der Waals surface area contributed by atoms with Gasteiger partial charge in [-0.3, -0.25) is 4.68 Å². The molecule has 0 bridgehead atoms. The highest BCUT2D eigenvalue weighted by atomic mass is 19.4. The van der Waals surface area contributed by atoms with Crippen LogP contribution in [0, 0.1) is 16.7 Å². The van der Waals surface area contributed by atoms with E-state index in [-0.39, 0.29) is 35.5 Å². The number of alkyl halides is 3. The number of amides is 1. The molecule has 2 fully saturated rings. The lowest BCUT2D eigenvalue weighted by Gasteiger charge is -2.45. The van der Waals surface area contributed by atoms with Crippen molar-refractivity contribution in [2.24, 2.45) is 5.41 Å². The maximum Gasteiger partial charge on any atom is 0.416 e. The van der Waals surface area contributed by atoms with Crippen molar-refractivity contribution in [2.45, 2.75) is 64.4 Å². The smallest absolute Gasteiger partial charge is 0.416 e. The third-order valence-corrected chi connectivity index (χ3v) is 7.36. The fourth-order valence-electron chi connectivity index (χ4n) is 5.46. The highest BCUT2D eigenvalue weighted by Gasteiger charge is 2.51. The number of nitrogens with two attached hydrogens (primary N) is 1. The summed E-state index contributed by atoms with van der Waals surface area (Å²) in [4.78, 5) is 14.2. The van der Waals surface area contributed by atoms with Gasteiger partial charge in [-0.1, -0.05) is 12.1 Å². The van der Waals surface area contributed by atoms with E-state index in [1.54, 1.807) is 26.7 Å². The largest absolute Gasteiger partial charge is 0.444 e. The number of aromatic nitrogens is 4. The van der Waals surface area contributed by atoms with Gasteiger partial charge in [-0.2, -0.15) is 28.6 Å². The lowest BCUT2D eigenvalue weighted by molar-refractivity contribution is -0.137. The van der Waals surface area contributed by atoms with Crippen molar-refractivity contribution in [3.63, 3.8) is 0 Å². The summed E-state index contributed by atoms with van der Waals surface area (Å²) in [6.07, 6.45) is 1.02. The van der Waals surface area contributed by atoms with Crippen molar-refractivity contribution in [3.8, 4) is 17.3 Å². The van der Waals surface area contributed by atoms with Crippen molar-refractivity contribution >= 4 is 11.9 Å². The minimum atomic E-state index is -4.39. The SMILES string of the molecule is CC(C)(C)OC(=O)N1CC[C@]2(C1)C[C@H](n1nc(-c3cnn(Cc4ccc(C(F)(F)F)cc4)c3)c(C#N)c1N)C2. The molecule has 2 aromatic heterocycles. The first-order chi connectivity index (χ1) is 18.3. The van der Waals surface area contributed by atoms with Crippen LogP contribution in [0.3, 0.4) is 0 Å². The summed E-state index contributed by atoms with van der Waals surface area (Å²) in [5, 5.41) is 18.8. The average Bonchev–Trinajstić information content (AvgIpc) is 3.54. The number of carbonyl (C=O) groups is 1. The van der Waals surface area contributed by atoms with Gasteiger partial charge in [-0.15, -0.1) is 0 Å². The maximum absolute atomic E-state index is 12.8. The number of halogens is 3. The number of benzene rings is 1. The number of anilines is 1. The molecule has 2 N–H and O–H groups in total. The predicted octanol–water partition coefficient (Wildman–Crippen LogP) is 5.23. The van der Waals surface area contributed by atoms with Crippen LogP contribution in [-0.4, -0.2) is 49.2 Å². The molecular formula is C27H30F3N7O2. The van der Waals surface area contributed by atoms with E-state index in [4.69, 9.17) is 10.5 Å². The zero-order chi connectivity index (χ0) is 28.2. The van der Waals surface area contributed by atoms with E-state index in [1.165, 1.54) is 12.1 Å². The van der Waals surface area contributed by atoms with Crippen LogP contribution in [0.25, 0.3) is 11.3 Å². The van der Waals surface area contributed by atoms with Gasteiger partial charge in [0.2, 0.25) is 0 Å². The molecule has 1 saturated carbocycles. The van der Waals surface area contributed by atoms with E-state index in [0.29, 0.717) is 29.9 Å². The molecule has 5 rings (SSSR count). The summed E-state index contributed by atoms with van der Waals surface area (Å²) in [6, 6.07) is 7.06. The second-order valence-corrected chi connectivity index (χ2v) is 11.5. The number of likely N-dealkylation sites (tertiary alicyclic amines) is 1. The Morgan fingerprint density at radius 1 is 1.23 bits per heavy atom. The molecule has 1 aromatic carbocycles. The molecule has 1 aliphatic carbocycles. The Balaban J connectivity index is 1.27. The number of hydrogen-bond donors (Lipinski definition) is 1. The number of nitrogen functional groups attached to an aromatic ring is 1. The summed E-state index contributed by atoms with van der Waals surface area (Å²) in [7, 11) is 0. The van der Waals surface area contributed by atoms with E-state index >= 15 is 0 Å². The highest BCUT2D eigenvalue weighted by Crippen LogP contribution is 2.55. The summed E-state index contributed by atoms with van der Waals surface area (Å²) >= 11 is 0. The van der Waals surface area contributed by atoms with Crippen LogP contribution in [0.5, 0.6) is 0 Å². The van der Waals surface area contributed by atoms with Gasteiger partial charge in [-0.25, -0.2) is 9.48 Å². The molecule has 0 atom stereocenters. The van der Waals surface area contributed by atoms with Crippen molar-refractivity contribution in [1.29, 1.82) is 5.26 Å². The monoisotopic (exact) mass is 541 g/mol. The van der Waals surface area contributed by atoms with E-state index in [0.717, 1.165) is 31.4 Å². The summed E-state index contributed by atoms with van der Waals surface area (Å²) in [6.45, 7) is 7.06. The van der Waals surface area contributed by atoms with Gasteiger partial charge in [0.15, 0.2) is 0 Å². The van der Waals surface area contributed by atoms with Crippen LogP contribution >= 0.6 is 0 Å². The third-order valence-electron chi connectivity index (χ3n) is 7.36. The van der Waals surface area contributed by atoms with Gasteiger partial charge in [0.1, 0.15) is 28.7 Å². The summed E-state index contributed by atoms with van der Waals surface area (Å²) < 4.78 is 47.3. The van der Waals surface area contributed by atoms with Crippen molar-refractivity contribution < 1.29 is 22.7 Å². The van der Waals surface area contributed by atoms with Gasteiger partial charge in [-0.05, 0) is 63.1 Å². The molecule has 12 heteroatoms. The summed E-state index contributed by atoms with van der Waals surface area (Å²) in [5.41, 5.74) is 6.99. The average molecular weight is 542 g/mol. The molecule has 2 aliphatic rings. The van der Waals surface area contributed by atoms with Crippen molar-refractivity contribution in [2.75, 3.05) is 18.8 Å². The second kappa shape index (κ2) is 9.32. The first-order valence-electron chi connectivity index (χ1n) is 12.7. The highest BCUT2D eigenvalue weighted by molar-refractivity contribution is 5.72. The van der Waals surface area contributed by atoms with Gasteiger partial charge in [0.25, 0.3) is 0 Å². The fraction of sp³-hybridized carbons (Fsp3) is 0.481. The number of nitrogens with zero attached hydrogens (tertiary/aromatic N) is 6. The third kappa shape index (κ3) is 5.30. The van der Waals surface area contributed by atoms with Crippen LogP contribution in [0.2, 0.25) is 0 Å². The number of carbonyl (C=O) groups excluding carboxylic acids is 1. The Labute approximate surface area is 223 Å². The zero-order valence-electron chi connectivity index (χ0n) is 22.0. The standard InChI is InChI=1S/C27H30F3N7O2/c1-25(2,3)39-24(38)35-9-8-26(16-35)10-20(11-26)37-23(32)21(12-31)22(34-37)18-13-33-36(15-18)14-17-4-6-19(7-5-17)27(28,29)30/h4-7,13,15,20H,8-11,14,16,32H2,1-3H3/t20-,26-. The molecule has 206 valence electrons. The minimum Gasteiger partial charge on any atom is -0.444 e. The molecule has 1 aliphatic heterocycles. The van der Waals surface area contributed by atoms with Crippen molar-refractivity contribution in [1.82, 2.24) is 24.5 Å². The number of rotatable bonds is 4. The van der Waals surface area contributed by atoms with E-state index in [1.807, 2.05) is 20.8 Å².